The van der Waals surface area contributed by atoms with Crippen LogP contribution in [0.2, 0.25) is 5.02 Å². The van der Waals surface area contributed by atoms with Gasteiger partial charge in [0.2, 0.25) is 0 Å². The molecule has 0 bridgehead atoms. The van der Waals surface area contributed by atoms with Gasteiger partial charge in [0, 0.05) is 10.0 Å². The zero-order valence-corrected chi connectivity index (χ0v) is 13.9. The summed E-state index contributed by atoms with van der Waals surface area (Å²) in [6, 6.07) is 9.37. The van der Waals surface area contributed by atoms with Gasteiger partial charge >= 0.3 is 0 Å². The Morgan fingerprint density at radius 3 is 2.50 bits per heavy atom. The first-order valence-corrected chi connectivity index (χ1v) is 7.39. The standard InChI is InChI=1S/C16H16BrClO2/c1-9-6-10(2)15(14(7-9)20-3)16(19)11-4-5-13(18)12(17)8-11/h4-8,16,19H,1-3H3. The molecule has 2 aromatic carbocycles. The van der Waals surface area contributed by atoms with Crippen LogP contribution in [0.1, 0.15) is 28.4 Å². The molecule has 1 N–H and O–H groups in total. The Morgan fingerprint density at radius 1 is 1.20 bits per heavy atom. The Morgan fingerprint density at radius 2 is 1.90 bits per heavy atom. The van der Waals surface area contributed by atoms with E-state index in [2.05, 4.69) is 15.9 Å². The zero-order valence-electron chi connectivity index (χ0n) is 11.6. The monoisotopic (exact) mass is 354 g/mol. The van der Waals surface area contributed by atoms with Gasteiger partial charge in [0.05, 0.1) is 12.1 Å². The van der Waals surface area contributed by atoms with Crippen molar-refractivity contribution >= 4 is 27.5 Å². The predicted molar refractivity (Wildman–Crippen MR) is 85.7 cm³/mol. The van der Waals surface area contributed by atoms with E-state index in [1.165, 1.54) is 0 Å². The summed E-state index contributed by atoms with van der Waals surface area (Å²) in [5.41, 5.74) is 3.66. The molecule has 0 aliphatic heterocycles. The molecule has 0 fully saturated rings. The third kappa shape index (κ3) is 3.00. The van der Waals surface area contributed by atoms with Crippen LogP contribution >= 0.6 is 27.5 Å². The molecule has 106 valence electrons. The molecule has 0 aliphatic carbocycles. The largest absolute Gasteiger partial charge is 0.496 e. The number of aliphatic hydroxyl groups is 1. The highest BCUT2D eigenvalue weighted by molar-refractivity contribution is 9.10. The number of benzene rings is 2. The van der Waals surface area contributed by atoms with Crippen LogP contribution in [0.4, 0.5) is 0 Å². The van der Waals surface area contributed by atoms with Crippen molar-refractivity contribution in [1.29, 1.82) is 0 Å². The van der Waals surface area contributed by atoms with Gasteiger partial charge in [-0.2, -0.15) is 0 Å². The lowest BCUT2D eigenvalue weighted by atomic mass is 9.95. The topological polar surface area (TPSA) is 29.5 Å². The van der Waals surface area contributed by atoms with Crippen molar-refractivity contribution in [2.75, 3.05) is 7.11 Å². The molecule has 0 spiro atoms. The van der Waals surface area contributed by atoms with Crippen molar-refractivity contribution in [3.8, 4) is 5.75 Å². The highest BCUT2D eigenvalue weighted by Crippen LogP contribution is 2.35. The van der Waals surface area contributed by atoms with E-state index in [0.29, 0.717) is 10.8 Å². The maximum Gasteiger partial charge on any atom is 0.125 e. The normalized spacial score (nSPS) is 12.3. The number of hydrogen-bond donors (Lipinski definition) is 1. The molecule has 0 heterocycles. The van der Waals surface area contributed by atoms with E-state index in [0.717, 1.165) is 26.7 Å². The first kappa shape index (κ1) is 15.4. The Hall–Kier alpha value is -1.03. The van der Waals surface area contributed by atoms with Gasteiger partial charge in [-0.05, 0) is 64.7 Å². The molecule has 20 heavy (non-hydrogen) atoms. The number of hydrogen-bond acceptors (Lipinski definition) is 2. The van der Waals surface area contributed by atoms with E-state index in [-0.39, 0.29) is 0 Å². The van der Waals surface area contributed by atoms with E-state index >= 15 is 0 Å². The average Bonchev–Trinajstić information content (AvgIpc) is 2.40. The summed E-state index contributed by atoms with van der Waals surface area (Å²) in [5.74, 6) is 0.695. The van der Waals surface area contributed by atoms with Gasteiger partial charge in [-0.1, -0.05) is 23.7 Å². The van der Waals surface area contributed by atoms with E-state index in [1.54, 1.807) is 13.2 Å². The van der Waals surface area contributed by atoms with Crippen molar-refractivity contribution in [2.45, 2.75) is 20.0 Å². The van der Waals surface area contributed by atoms with Crippen molar-refractivity contribution in [3.05, 3.63) is 62.1 Å². The molecule has 1 unspecified atom stereocenters. The summed E-state index contributed by atoms with van der Waals surface area (Å²) in [5, 5.41) is 11.3. The van der Waals surface area contributed by atoms with E-state index in [1.807, 2.05) is 38.1 Å². The summed E-state index contributed by atoms with van der Waals surface area (Å²) in [6.45, 7) is 3.98. The summed E-state index contributed by atoms with van der Waals surface area (Å²) in [7, 11) is 1.61. The highest BCUT2D eigenvalue weighted by Gasteiger charge is 2.19. The fraction of sp³-hybridized carbons (Fsp3) is 0.250. The van der Waals surface area contributed by atoms with Gasteiger partial charge in [-0.15, -0.1) is 0 Å². The fourth-order valence-electron chi connectivity index (χ4n) is 2.31. The third-order valence-corrected chi connectivity index (χ3v) is 4.46. The van der Waals surface area contributed by atoms with Gasteiger partial charge in [-0.25, -0.2) is 0 Å². The number of ether oxygens (including phenoxy) is 1. The Labute approximate surface area is 132 Å². The highest BCUT2D eigenvalue weighted by atomic mass is 79.9. The second kappa shape index (κ2) is 6.17. The number of aryl methyl sites for hydroxylation is 2. The molecular weight excluding hydrogens is 340 g/mol. The Kier molecular flexibility index (Phi) is 4.74. The number of halogens is 2. The van der Waals surface area contributed by atoms with Crippen LogP contribution < -0.4 is 4.74 Å². The van der Waals surface area contributed by atoms with Crippen molar-refractivity contribution < 1.29 is 9.84 Å². The Bertz CT molecular complexity index is 641. The second-order valence-corrected chi connectivity index (χ2v) is 6.04. The van der Waals surface area contributed by atoms with Crippen LogP contribution in [0.25, 0.3) is 0 Å². The molecule has 2 nitrogen and oxygen atoms in total. The second-order valence-electron chi connectivity index (χ2n) is 4.77. The fourth-order valence-corrected chi connectivity index (χ4v) is 2.82. The molecule has 0 saturated heterocycles. The molecular formula is C16H16BrClO2. The molecule has 4 heteroatoms. The summed E-state index contributed by atoms with van der Waals surface area (Å²) < 4.78 is 6.17. The van der Waals surface area contributed by atoms with Gasteiger partial charge in [0.1, 0.15) is 11.9 Å². The molecule has 0 aliphatic rings. The molecule has 0 saturated carbocycles. The van der Waals surface area contributed by atoms with Crippen molar-refractivity contribution in [3.63, 3.8) is 0 Å². The minimum Gasteiger partial charge on any atom is -0.496 e. The van der Waals surface area contributed by atoms with Crippen LogP contribution in [0.15, 0.2) is 34.8 Å². The lowest BCUT2D eigenvalue weighted by molar-refractivity contribution is 0.214. The van der Waals surface area contributed by atoms with E-state index < -0.39 is 6.10 Å². The van der Waals surface area contributed by atoms with Crippen molar-refractivity contribution in [2.24, 2.45) is 0 Å². The molecule has 2 aromatic rings. The quantitative estimate of drug-likeness (QED) is 0.856. The number of aliphatic hydroxyl groups excluding tert-OH is 1. The lowest BCUT2D eigenvalue weighted by Crippen LogP contribution is -2.05. The van der Waals surface area contributed by atoms with Crippen LogP contribution in [0, 0.1) is 13.8 Å². The first-order valence-electron chi connectivity index (χ1n) is 6.22. The summed E-state index contributed by atoms with van der Waals surface area (Å²) >= 11 is 9.37. The third-order valence-electron chi connectivity index (χ3n) is 3.25. The number of rotatable bonds is 3. The lowest BCUT2D eigenvalue weighted by Gasteiger charge is -2.19. The van der Waals surface area contributed by atoms with E-state index in [9.17, 15) is 5.11 Å². The maximum absolute atomic E-state index is 10.6. The summed E-state index contributed by atoms with van der Waals surface area (Å²) in [4.78, 5) is 0. The maximum atomic E-state index is 10.6. The molecule has 2 rings (SSSR count). The van der Waals surface area contributed by atoms with E-state index in [4.69, 9.17) is 16.3 Å². The van der Waals surface area contributed by atoms with Crippen LogP contribution in [-0.4, -0.2) is 12.2 Å². The van der Waals surface area contributed by atoms with Gasteiger partial charge in [0.25, 0.3) is 0 Å². The average molecular weight is 356 g/mol. The molecule has 1 atom stereocenters. The van der Waals surface area contributed by atoms with Crippen LogP contribution in [0.5, 0.6) is 5.75 Å². The molecule has 0 radical (unpaired) electrons. The smallest absolute Gasteiger partial charge is 0.125 e. The summed E-state index contributed by atoms with van der Waals surface area (Å²) in [6.07, 6.45) is -0.751. The SMILES string of the molecule is COc1cc(C)cc(C)c1C(O)c1ccc(Cl)c(Br)c1. The molecule has 0 aromatic heterocycles. The number of methoxy groups -OCH3 is 1. The predicted octanol–water partition coefficient (Wildman–Crippen LogP) is 4.81. The van der Waals surface area contributed by atoms with Crippen LogP contribution in [-0.2, 0) is 0 Å². The minimum atomic E-state index is -0.751. The van der Waals surface area contributed by atoms with Gasteiger partial charge in [-0.3, -0.25) is 0 Å². The van der Waals surface area contributed by atoms with Crippen LogP contribution in [0.3, 0.4) is 0 Å². The minimum absolute atomic E-state index is 0.619. The zero-order chi connectivity index (χ0) is 14.9. The van der Waals surface area contributed by atoms with Gasteiger partial charge < -0.3 is 9.84 Å². The van der Waals surface area contributed by atoms with Crippen molar-refractivity contribution in [1.82, 2.24) is 0 Å². The molecule has 0 amide bonds. The van der Waals surface area contributed by atoms with Gasteiger partial charge in [0.15, 0.2) is 0 Å². The Balaban J connectivity index is 2.52. The first-order chi connectivity index (χ1) is 9.43.